The third kappa shape index (κ3) is 4.61. The SMILES string of the molecule is CC(CC(=O)c1ccccc1)NC(=O)c1nc(C(C)C)ncc1Cl. The molecule has 1 atom stereocenters. The Morgan fingerprint density at radius 2 is 1.83 bits per heavy atom. The normalized spacial score (nSPS) is 12.0. The van der Waals surface area contributed by atoms with E-state index < -0.39 is 5.91 Å². The fraction of sp³-hybridized carbons (Fsp3) is 0.333. The van der Waals surface area contributed by atoms with Gasteiger partial charge < -0.3 is 5.32 Å². The van der Waals surface area contributed by atoms with Gasteiger partial charge in [0.15, 0.2) is 5.78 Å². The highest BCUT2D eigenvalue weighted by atomic mass is 35.5. The van der Waals surface area contributed by atoms with E-state index in [1.54, 1.807) is 19.1 Å². The van der Waals surface area contributed by atoms with E-state index in [2.05, 4.69) is 15.3 Å². The first-order valence-electron chi connectivity index (χ1n) is 7.80. The van der Waals surface area contributed by atoms with E-state index in [-0.39, 0.29) is 34.9 Å². The molecule has 0 spiro atoms. The lowest BCUT2D eigenvalue weighted by molar-refractivity contribution is 0.0914. The summed E-state index contributed by atoms with van der Waals surface area (Å²) in [5.41, 5.74) is 0.759. The van der Waals surface area contributed by atoms with E-state index in [9.17, 15) is 9.59 Å². The van der Waals surface area contributed by atoms with Crippen molar-refractivity contribution < 1.29 is 9.59 Å². The lowest BCUT2D eigenvalue weighted by Crippen LogP contribution is -2.35. The van der Waals surface area contributed by atoms with Crippen LogP contribution < -0.4 is 5.32 Å². The van der Waals surface area contributed by atoms with Crippen molar-refractivity contribution in [3.8, 4) is 0 Å². The molecule has 0 fully saturated rings. The van der Waals surface area contributed by atoms with E-state index in [0.29, 0.717) is 11.4 Å². The Morgan fingerprint density at radius 1 is 1.17 bits per heavy atom. The zero-order chi connectivity index (χ0) is 17.7. The van der Waals surface area contributed by atoms with Gasteiger partial charge in [-0.2, -0.15) is 0 Å². The lowest BCUT2D eigenvalue weighted by atomic mass is 10.0. The molecule has 1 N–H and O–H groups in total. The highest BCUT2D eigenvalue weighted by Crippen LogP contribution is 2.16. The smallest absolute Gasteiger partial charge is 0.271 e. The van der Waals surface area contributed by atoms with Gasteiger partial charge in [-0.05, 0) is 6.92 Å². The molecule has 0 aliphatic heterocycles. The maximum absolute atomic E-state index is 12.4. The molecule has 0 radical (unpaired) electrons. The van der Waals surface area contributed by atoms with Crippen molar-refractivity contribution in [3.63, 3.8) is 0 Å². The van der Waals surface area contributed by atoms with Crippen molar-refractivity contribution in [3.05, 3.63) is 58.6 Å². The van der Waals surface area contributed by atoms with Crippen LogP contribution in [0.25, 0.3) is 0 Å². The van der Waals surface area contributed by atoms with Crippen LogP contribution >= 0.6 is 11.6 Å². The first kappa shape index (κ1) is 18.1. The van der Waals surface area contributed by atoms with Gasteiger partial charge in [0.1, 0.15) is 11.5 Å². The zero-order valence-corrected chi connectivity index (χ0v) is 14.7. The summed E-state index contributed by atoms with van der Waals surface area (Å²) in [5.74, 6) is 0.209. The average Bonchev–Trinajstić information content (AvgIpc) is 2.55. The highest BCUT2D eigenvalue weighted by Gasteiger charge is 2.19. The molecule has 2 aromatic rings. The molecule has 1 aromatic heterocycles. The van der Waals surface area contributed by atoms with Crippen LogP contribution in [0.2, 0.25) is 5.02 Å². The van der Waals surface area contributed by atoms with Gasteiger partial charge in [-0.25, -0.2) is 9.97 Å². The quantitative estimate of drug-likeness (QED) is 0.811. The molecule has 0 aliphatic carbocycles. The molecule has 1 amide bonds. The fourth-order valence-corrected chi connectivity index (χ4v) is 2.36. The Morgan fingerprint density at radius 3 is 2.46 bits per heavy atom. The number of rotatable bonds is 6. The first-order valence-corrected chi connectivity index (χ1v) is 8.17. The Kier molecular flexibility index (Phi) is 6.04. The van der Waals surface area contributed by atoms with Gasteiger partial charge in [0, 0.05) is 23.9 Å². The number of aromatic nitrogens is 2. The number of carbonyl (C=O) groups is 2. The van der Waals surface area contributed by atoms with E-state index in [1.807, 2.05) is 32.0 Å². The monoisotopic (exact) mass is 345 g/mol. The fourth-order valence-electron chi connectivity index (χ4n) is 2.18. The van der Waals surface area contributed by atoms with Crippen LogP contribution in [0.15, 0.2) is 36.5 Å². The molecule has 0 saturated carbocycles. The molecule has 1 unspecified atom stereocenters. The summed E-state index contributed by atoms with van der Waals surface area (Å²) in [6.07, 6.45) is 1.63. The van der Waals surface area contributed by atoms with Gasteiger partial charge in [0.25, 0.3) is 5.91 Å². The van der Waals surface area contributed by atoms with Gasteiger partial charge in [-0.15, -0.1) is 0 Å². The number of nitrogens with one attached hydrogen (secondary N) is 1. The number of Topliss-reactive ketones (excluding diaryl/α,β-unsaturated/α-hetero) is 1. The van der Waals surface area contributed by atoms with Crippen molar-refractivity contribution in [2.24, 2.45) is 0 Å². The Labute approximate surface area is 146 Å². The number of ketones is 1. The molecule has 0 aliphatic rings. The second-order valence-electron chi connectivity index (χ2n) is 5.95. The van der Waals surface area contributed by atoms with Crippen LogP contribution in [-0.4, -0.2) is 27.7 Å². The van der Waals surface area contributed by atoms with E-state index in [1.165, 1.54) is 6.20 Å². The van der Waals surface area contributed by atoms with E-state index in [4.69, 9.17) is 11.6 Å². The van der Waals surface area contributed by atoms with Gasteiger partial charge >= 0.3 is 0 Å². The number of hydrogen-bond donors (Lipinski definition) is 1. The van der Waals surface area contributed by atoms with Crippen molar-refractivity contribution in [2.75, 3.05) is 0 Å². The van der Waals surface area contributed by atoms with E-state index >= 15 is 0 Å². The van der Waals surface area contributed by atoms with Gasteiger partial charge in [0.2, 0.25) is 0 Å². The first-order chi connectivity index (χ1) is 11.4. The maximum Gasteiger partial charge on any atom is 0.271 e. The molecular formula is C18H20ClN3O2. The summed E-state index contributed by atoms with van der Waals surface area (Å²) in [5, 5.41) is 2.96. The lowest BCUT2D eigenvalue weighted by Gasteiger charge is -2.14. The summed E-state index contributed by atoms with van der Waals surface area (Å²) in [6, 6.07) is 8.65. The van der Waals surface area contributed by atoms with Crippen LogP contribution in [0, 0.1) is 0 Å². The molecule has 0 bridgehead atoms. The molecule has 126 valence electrons. The topological polar surface area (TPSA) is 72.0 Å². The second-order valence-corrected chi connectivity index (χ2v) is 6.35. The summed E-state index contributed by atoms with van der Waals surface area (Å²) in [4.78, 5) is 32.9. The van der Waals surface area contributed by atoms with Crippen LogP contribution in [0.3, 0.4) is 0 Å². The Bertz CT molecular complexity index is 732. The summed E-state index contributed by atoms with van der Waals surface area (Å²) < 4.78 is 0. The summed E-state index contributed by atoms with van der Waals surface area (Å²) in [6.45, 7) is 5.65. The number of amides is 1. The maximum atomic E-state index is 12.4. The van der Waals surface area contributed by atoms with Crippen molar-refractivity contribution >= 4 is 23.3 Å². The third-order valence-electron chi connectivity index (χ3n) is 3.46. The summed E-state index contributed by atoms with van der Waals surface area (Å²) in [7, 11) is 0. The largest absolute Gasteiger partial charge is 0.348 e. The van der Waals surface area contributed by atoms with Crippen molar-refractivity contribution in [2.45, 2.75) is 39.2 Å². The van der Waals surface area contributed by atoms with Gasteiger partial charge in [-0.1, -0.05) is 55.8 Å². The van der Waals surface area contributed by atoms with Gasteiger partial charge in [-0.3, -0.25) is 9.59 Å². The molecule has 1 aromatic carbocycles. The Hall–Kier alpha value is -2.27. The number of halogens is 1. The number of benzene rings is 1. The molecular weight excluding hydrogens is 326 g/mol. The van der Waals surface area contributed by atoms with Crippen molar-refractivity contribution in [1.29, 1.82) is 0 Å². The number of nitrogens with zero attached hydrogens (tertiary/aromatic N) is 2. The molecule has 0 saturated heterocycles. The predicted molar refractivity (Wildman–Crippen MR) is 93.4 cm³/mol. The van der Waals surface area contributed by atoms with Crippen LogP contribution in [0.5, 0.6) is 0 Å². The average molecular weight is 346 g/mol. The number of carbonyl (C=O) groups excluding carboxylic acids is 2. The van der Waals surface area contributed by atoms with Crippen molar-refractivity contribution in [1.82, 2.24) is 15.3 Å². The van der Waals surface area contributed by atoms with Crippen LogP contribution in [0.4, 0.5) is 0 Å². The Balaban J connectivity index is 2.04. The standard InChI is InChI=1S/C18H20ClN3O2/c1-11(2)17-20-10-14(19)16(22-17)18(24)21-12(3)9-15(23)13-7-5-4-6-8-13/h4-8,10-12H,9H2,1-3H3,(H,21,24). The zero-order valence-electron chi connectivity index (χ0n) is 13.9. The minimum Gasteiger partial charge on any atom is -0.348 e. The van der Waals surface area contributed by atoms with Crippen LogP contribution in [-0.2, 0) is 0 Å². The molecule has 6 heteroatoms. The third-order valence-corrected chi connectivity index (χ3v) is 3.74. The summed E-state index contributed by atoms with van der Waals surface area (Å²) >= 11 is 6.03. The van der Waals surface area contributed by atoms with E-state index in [0.717, 1.165) is 0 Å². The molecule has 1 heterocycles. The minimum atomic E-state index is -0.405. The molecule has 2 rings (SSSR count). The predicted octanol–water partition coefficient (Wildman–Crippen LogP) is 3.64. The number of hydrogen-bond acceptors (Lipinski definition) is 4. The molecule has 24 heavy (non-hydrogen) atoms. The van der Waals surface area contributed by atoms with Crippen LogP contribution in [0.1, 0.15) is 59.8 Å². The minimum absolute atomic E-state index is 0.0277. The second kappa shape index (κ2) is 8.02. The molecule has 5 nitrogen and oxygen atoms in total. The van der Waals surface area contributed by atoms with Gasteiger partial charge in [0.05, 0.1) is 11.2 Å². The highest BCUT2D eigenvalue weighted by molar-refractivity contribution is 6.33.